The summed E-state index contributed by atoms with van der Waals surface area (Å²) in [4.78, 5) is 38.2. The summed E-state index contributed by atoms with van der Waals surface area (Å²) >= 11 is 0. The molecular formula is C17H18N4O3. The largest absolute Gasteiger partial charge is 0.333 e. The third-order valence-electron chi connectivity index (χ3n) is 3.60. The SMILES string of the molecule is C=CCN(Cc1cccc(C#N)c1)C(=O)CN1CCC(=O)NC1=O. The smallest absolute Gasteiger partial charge is 0.324 e. The maximum absolute atomic E-state index is 12.5. The van der Waals surface area contributed by atoms with Crippen LogP contribution in [0.2, 0.25) is 0 Å². The molecule has 0 aromatic heterocycles. The number of benzene rings is 1. The summed E-state index contributed by atoms with van der Waals surface area (Å²) in [6.07, 6.45) is 1.79. The number of urea groups is 1. The summed E-state index contributed by atoms with van der Waals surface area (Å²) in [7, 11) is 0. The Labute approximate surface area is 140 Å². The number of hydrogen-bond acceptors (Lipinski definition) is 4. The van der Waals surface area contributed by atoms with Gasteiger partial charge in [-0.3, -0.25) is 14.9 Å². The van der Waals surface area contributed by atoms with E-state index in [1.807, 2.05) is 6.07 Å². The highest BCUT2D eigenvalue weighted by molar-refractivity contribution is 5.98. The molecule has 0 bridgehead atoms. The van der Waals surface area contributed by atoms with Crippen molar-refractivity contribution in [3.8, 4) is 6.07 Å². The zero-order valence-corrected chi connectivity index (χ0v) is 13.2. The van der Waals surface area contributed by atoms with Crippen molar-refractivity contribution in [3.63, 3.8) is 0 Å². The molecule has 7 heteroatoms. The molecule has 24 heavy (non-hydrogen) atoms. The van der Waals surface area contributed by atoms with E-state index >= 15 is 0 Å². The first-order chi connectivity index (χ1) is 11.5. The first-order valence-corrected chi connectivity index (χ1v) is 7.50. The topological polar surface area (TPSA) is 93.5 Å². The number of carbonyl (C=O) groups excluding carboxylic acids is 3. The molecule has 0 radical (unpaired) electrons. The predicted molar refractivity (Wildman–Crippen MR) is 86.5 cm³/mol. The molecule has 1 heterocycles. The third-order valence-corrected chi connectivity index (χ3v) is 3.60. The summed E-state index contributed by atoms with van der Waals surface area (Å²) in [6.45, 7) is 4.40. The summed E-state index contributed by atoms with van der Waals surface area (Å²) < 4.78 is 0. The first-order valence-electron chi connectivity index (χ1n) is 7.50. The van der Waals surface area contributed by atoms with Crippen LogP contribution < -0.4 is 5.32 Å². The molecule has 4 amide bonds. The van der Waals surface area contributed by atoms with Crippen LogP contribution in [0, 0.1) is 11.3 Å². The molecule has 1 saturated heterocycles. The summed E-state index contributed by atoms with van der Waals surface area (Å²) in [5, 5.41) is 11.1. The van der Waals surface area contributed by atoms with E-state index in [1.54, 1.807) is 29.2 Å². The van der Waals surface area contributed by atoms with Crippen molar-refractivity contribution in [1.29, 1.82) is 5.26 Å². The lowest BCUT2D eigenvalue weighted by Gasteiger charge is -2.29. The van der Waals surface area contributed by atoms with E-state index in [9.17, 15) is 14.4 Å². The van der Waals surface area contributed by atoms with E-state index in [2.05, 4.69) is 18.0 Å². The highest BCUT2D eigenvalue weighted by Gasteiger charge is 2.26. The quantitative estimate of drug-likeness (QED) is 0.790. The highest BCUT2D eigenvalue weighted by Crippen LogP contribution is 2.09. The Morgan fingerprint density at radius 3 is 2.92 bits per heavy atom. The van der Waals surface area contributed by atoms with Crippen LogP contribution in [0.4, 0.5) is 4.79 Å². The molecule has 1 fully saturated rings. The second kappa shape index (κ2) is 7.92. The Hall–Kier alpha value is -3.14. The molecular weight excluding hydrogens is 308 g/mol. The van der Waals surface area contributed by atoms with Crippen molar-refractivity contribution in [2.75, 3.05) is 19.6 Å². The van der Waals surface area contributed by atoms with Crippen LogP contribution in [0.3, 0.4) is 0 Å². The van der Waals surface area contributed by atoms with Gasteiger partial charge in [-0.2, -0.15) is 5.26 Å². The molecule has 0 unspecified atom stereocenters. The fraction of sp³-hybridized carbons (Fsp3) is 0.294. The average Bonchev–Trinajstić information content (AvgIpc) is 2.57. The number of carbonyl (C=O) groups is 3. The minimum absolute atomic E-state index is 0.106. The molecule has 0 atom stereocenters. The van der Waals surface area contributed by atoms with Crippen molar-refractivity contribution < 1.29 is 14.4 Å². The lowest BCUT2D eigenvalue weighted by atomic mass is 10.1. The zero-order chi connectivity index (χ0) is 17.5. The van der Waals surface area contributed by atoms with Gasteiger partial charge in [0, 0.05) is 26.1 Å². The number of nitrogens with zero attached hydrogens (tertiary/aromatic N) is 3. The molecule has 2 rings (SSSR count). The van der Waals surface area contributed by atoms with Gasteiger partial charge in [0.25, 0.3) is 0 Å². The summed E-state index contributed by atoms with van der Waals surface area (Å²) in [5.41, 5.74) is 1.34. The van der Waals surface area contributed by atoms with Crippen molar-refractivity contribution in [2.24, 2.45) is 0 Å². The van der Waals surface area contributed by atoms with Crippen molar-refractivity contribution in [2.45, 2.75) is 13.0 Å². The Morgan fingerprint density at radius 2 is 2.25 bits per heavy atom. The van der Waals surface area contributed by atoms with Gasteiger partial charge in [-0.1, -0.05) is 18.2 Å². The van der Waals surface area contributed by atoms with Gasteiger partial charge in [0.1, 0.15) is 6.54 Å². The van der Waals surface area contributed by atoms with E-state index in [-0.39, 0.29) is 31.3 Å². The lowest BCUT2D eigenvalue weighted by molar-refractivity contribution is -0.133. The summed E-state index contributed by atoms with van der Waals surface area (Å²) in [5.74, 6) is -0.582. The number of nitrogens with one attached hydrogen (secondary N) is 1. The Bertz CT molecular complexity index is 708. The maximum atomic E-state index is 12.5. The molecule has 1 aromatic rings. The predicted octanol–water partition coefficient (Wildman–Crippen LogP) is 1.01. The standard InChI is InChI=1S/C17H18N4O3/c1-2-7-20(11-14-5-3-4-13(9-14)10-18)16(23)12-21-8-6-15(22)19-17(21)24/h2-5,9H,1,6-8,11-12H2,(H,19,22,24). The van der Waals surface area contributed by atoms with Crippen LogP contribution >= 0.6 is 0 Å². The van der Waals surface area contributed by atoms with E-state index in [1.165, 1.54) is 4.90 Å². The van der Waals surface area contributed by atoms with Crippen LogP contribution in [0.15, 0.2) is 36.9 Å². The number of hydrogen-bond donors (Lipinski definition) is 1. The van der Waals surface area contributed by atoms with Gasteiger partial charge in [-0.05, 0) is 17.7 Å². The minimum Gasteiger partial charge on any atom is -0.333 e. The van der Waals surface area contributed by atoms with Gasteiger partial charge < -0.3 is 9.80 Å². The van der Waals surface area contributed by atoms with Crippen molar-refractivity contribution in [3.05, 3.63) is 48.0 Å². The van der Waals surface area contributed by atoms with Gasteiger partial charge in [-0.25, -0.2) is 4.79 Å². The Balaban J connectivity index is 2.04. The third kappa shape index (κ3) is 4.43. The molecule has 7 nitrogen and oxygen atoms in total. The number of amides is 4. The van der Waals surface area contributed by atoms with E-state index in [4.69, 9.17) is 5.26 Å². The highest BCUT2D eigenvalue weighted by atomic mass is 16.2. The number of nitriles is 1. The van der Waals surface area contributed by atoms with Crippen LogP contribution in [0.25, 0.3) is 0 Å². The summed E-state index contributed by atoms with van der Waals surface area (Å²) in [6, 6.07) is 8.51. The second-order valence-electron chi connectivity index (χ2n) is 5.40. The molecule has 1 aromatic carbocycles. The van der Waals surface area contributed by atoms with Crippen LogP contribution in [0.5, 0.6) is 0 Å². The Kier molecular flexibility index (Phi) is 5.68. The molecule has 0 spiro atoms. The van der Waals surface area contributed by atoms with Gasteiger partial charge in [0.2, 0.25) is 11.8 Å². The second-order valence-corrected chi connectivity index (χ2v) is 5.40. The fourth-order valence-corrected chi connectivity index (χ4v) is 2.38. The molecule has 1 aliphatic rings. The average molecular weight is 326 g/mol. The molecule has 1 N–H and O–H groups in total. The number of rotatable bonds is 6. The maximum Gasteiger partial charge on any atom is 0.324 e. The monoisotopic (exact) mass is 326 g/mol. The number of imide groups is 1. The van der Waals surface area contributed by atoms with E-state index in [0.29, 0.717) is 18.7 Å². The normalized spacial score (nSPS) is 13.9. The van der Waals surface area contributed by atoms with Crippen LogP contribution in [0.1, 0.15) is 17.5 Å². The molecule has 1 aliphatic heterocycles. The van der Waals surface area contributed by atoms with Gasteiger partial charge in [0.15, 0.2) is 0 Å². The molecule has 0 aliphatic carbocycles. The Morgan fingerprint density at radius 1 is 1.46 bits per heavy atom. The van der Waals surface area contributed by atoms with Crippen LogP contribution in [-0.2, 0) is 16.1 Å². The van der Waals surface area contributed by atoms with Gasteiger partial charge in [-0.15, -0.1) is 6.58 Å². The zero-order valence-electron chi connectivity index (χ0n) is 13.2. The molecule has 124 valence electrons. The van der Waals surface area contributed by atoms with Gasteiger partial charge in [0.05, 0.1) is 11.6 Å². The molecule has 0 saturated carbocycles. The van der Waals surface area contributed by atoms with Crippen molar-refractivity contribution in [1.82, 2.24) is 15.1 Å². The lowest BCUT2D eigenvalue weighted by Crippen LogP contribution is -2.52. The van der Waals surface area contributed by atoms with E-state index < -0.39 is 6.03 Å². The first kappa shape index (κ1) is 17.2. The van der Waals surface area contributed by atoms with Gasteiger partial charge >= 0.3 is 6.03 Å². The minimum atomic E-state index is -0.551. The van der Waals surface area contributed by atoms with Crippen molar-refractivity contribution >= 4 is 17.8 Å². The van der Waals surface area contributed by atoms with E-state index in [0.717, 1.165) is 5.56 Å². The fourth-order valence-electron chi connectivity index (χ4n) is 2.38. The van der Waals surface area contributed by atoms with Crippen LogP contribution in [-0.4, -0.2) is 47.3 Å².